The summed E-state index contributed by atoms with van der Waals surface area (Å²) in [5.41, 5.74) is 0.210. The van der Waals surface area contributed by atoms with Crippen molar-refractivity contribution in [1.29, 1.82) is 0 Å². The first-order valence-corrected chi connectivity index (χ1v) is 8.85. The van der Waals surface area contributed by atoms with Gasteiger partial charge in [-0.1, -0.05) is 38.3 Å². The fraction of sp³-hybridized carbons (Fsp3) is 0.750. The first kappa shape index (κ1) is 16.3. The molecule has 0 aliphatic heterocycles. The van der Waals surface area contributed by atoms with Gasteiger partial charge in [0.2, 0.25) is 0 Å². The zero-order chi connectivity index (χ0) is 14.8. The minimum Gasteiger partial charge on any atom is -0.308 e. The Labute approximate surface area is 132 Å². The van der Waals surface area contributed by atoms with E-state index in [0.29, 0.717) is 6.04 Å². The van der Waals surface area contributed by atoms with Crippen LogP contribution in [0.2, 0.25) is 4.34 Å². The summed E-state index contributed by atoms with van der Waals surface area (Å²) in [4.78, 5) is 3.82. The second-order valence-electron chi connectivity index (χ2n) is 6.33. The molecule has 20 heavy (non-hydrogen) atoms. The molecule has 1 fully saturated rings. The average Bonchev–Trinajstić information content (AvgIpc) is 2.82. The molecule has 3 unspecified atom stereocenters. The molecule has 1 N–H and O–H groups in total. The van der Waals surface area contributed by atoms with Gasteiger partial charge in [0, 0.05) is 10.4 Å². The van der Waals surface area contributed by atoms with Crippen molar-refractivity contribution in [1.82, 2.24) is 10.2 Å². The van der Waals surface area contributed by atoms with Gasteiger partial charge in [-0.15, -0.1) is 11.3 Å². The van der Waals surface area contributed by atoms with Gasteiger partial charge in [0.25, 0.3) is 0 Å². The van der Waals surface area contributed by atoms with Crippen LogP contribution >= 0.6 is 22.9 Å². The lowest BCUT2D eigenvalue weighted by Crippen LogP contribution is -2.55. The fourth-order valence-corrected chi connectivity index (χ4v) is 4.98. The summed E-state index contributed by atoms with van der Waals surface area (Å²) in [6.45, 7) is 5.57. The van der Waals surface area contributed by atoms with Crippen LogP contribution in [-0.4, -0.2) is 31.1 Å². The van der Waals surface area contributed by atoms with Gasteiger partial charge in [-0.3, -0.25) is 0 Å². The number of likely N-dealkylation sites (N-methyl/N-ethyl adjacent to an activating group) is 2. The Morgan fingerprint density at radius 2 is 2.25 bits per heavy atom. The third-order valence-corrected chi connectivity index (χ3v) is 6.02. The van der Waals surface area contributed by atoms with E-state index in [1.165, 1.54) is 30.6 Å². The maximum absolute atomic E-state index is 6.17. The topological polar surface area (TPSA) is 15.3 Å². The molecule has 0 amide bonds. The van der Waals surface area contributed by atoms with Gasteiger partial charge in [-0.05, 0) is 51.5 Å². The van der Waals surface area contributed by atoms with E-state index in [-0.39, 0.29) is 5.54 Å². The summed E-state index contributed by atoms with van der Waals surface area (Å²) in [6.07, 6.45) is 5.20. The molecule has 114 valence electrons. The molecule has 0 radical (unpaired) electrons. The molecule has 0 spiro atoms. The van der Waals surface area contributed by atoms with Crippen LogP contribution < -0.4 is 5.32 Å². The third kappa shape index (κ3) is 3.22. The van der Waals surface area contributed by atoms with Gasteiger partial charge in [0.1, 0.15) is 0 Å². The molecule has 4 heteroatoms. The Bertz CT molecular complexity index is 432. The van der Waals surface area contributed by atoms with Gasteiger partial charge in [-0.25, -0.2) is 0 Å². The Morgan fingerprint density at radius 3 is 2.75 bits per heavy atom. The molecule has 1 aliphatic carbocycles. The van der Waals surface area contributed by atoms with Crippen LogP contribution in [0.5, 0.6) is 0 Å². The van der Waals surface area contributed by atoms with Gasteiger partial charge in [0.15, 0.2) is 0 Å². The molecule has 1 aromatic rings. The minimum atomic E-state index is 0.210. The number of nitrogens with zero attached hydrogens (tertiary/aromatic N) is 1. The maximum Gasteiger partial charge on any atom is 0.0931 e. The van der Waals surface area contributed by atoms with Crippen molar-refractivity contribution in [3.8, 4) is 0 Å². The molecule has 3 atom stereocenters. The van der Waals surface area contributed by atoms with Crippen molar-refractivity contribution in [3.63, 3.8) is 0 Å². The molecule has 0 saturated heterocycles. The first-order valence-electron chi connectivity index (χ1n) is 7.65. The molecule has 1 aromatic heterocycles. The van der Waals surface area contributed by atoms with Gasteiger partial charge >= 0.3 is 0 Å². The van der Waals surface area contributed by atoms with Crippen molar-refractivity contribution in [2.24, 2.45) is 5.92 Å². The highest BCUT2D eigenvalue weighted by Gasteiger charge is 2.44. The van der Waals surface area contributed by atoms with Gasteiger partial charge < -0.3 is 10.2 Å². The third-order valence-electron chi connectivity index (χ3n) is 4.72. The standard InChI is InChI=1S/C16H27ClN2S/c1-5-18-15(13-8-9-14(17)20-13)16(19(3)4)10-6-7-12(2)11-16/h8-9,12,15,18H,5-7,10-11H2,1-4H3. The van der Waals surface area contributed by atoms with Gasteiger partial charge in [-0.2, -0.15) is 0 Å². The van der Waals surface area contributed by atoms with E-state index in [4.69, 9.17) is 11.6 Å². The molecule has 0 aromatic carbocycles. The van der Waals surface area contributed by atoms with Crippen LogP contribution in [-0.2, 0) is 0 Å². The van der Waals surface area contributed by atoms with Crippen LogP contribution in [0.4, 0.5) is 0 Å². The van der Waals surface area contributed by atoms with E-state index in [1.54, 1.807) is 11.3 Å². The highest BCUT2D eigenvalue weighted by atomic mass is 35.5. The van der Waals surface area contributed by atoms with Crippen molar-refractivity contribution in [3.05, 3.63) is 21.3 Å². The lowest BCUT2D eigenvalue weighted by atomic mass is 9.71. The molecular formula is C16H27ClN2S. The lowest BCUT2D eigenvalue weighted by molar-refractivity contribution is 0.0384. The highest BCUT2D eigenvalue weighted by molar-refractivity contribution is 7.16. The number of hydrogen-bond acceptors (Lipinski definition) is 3. The summed E-state index contributed by atoms with van der Waals surface area (Å²) in [6, 6.07) is 4.61. The highest BCUT2D eigenvalue weighted by Crippen LogP contribution is 2.45. The number of rotatable bonds is 5. The Balaban J connectivity index is 2.37. The second kappa shape index (κ2) is 6.78. The SMILES string of the molecule is CCNC(c1ccc(Cl)s1)C1(N(C)C)CCCC(C)C1. The minimum absolute atomic E-state index is 0.210. The van der Waals surface area contributed by atoms with Gasteiger partial charge in [0.05, 0.1) is 10.4 Å². The van der Waals surface area contributed by atoms with E-state index in [9.17, 15) is 0 Å². The van der Waals surface area contributed by atoms with Crippen LogP contribution in [0.3, 0.4) is 0 Å². The number of nitrogens with one attached hydrogen (secondary N) is 1. The zero-order valence-corrected chi connectivity index (χ0v) is 14.7. The predicted molar refractivity (Wildman–Crippen MR) is 89.8 cm³/mol. The molecule has 1 aliphatic rings. The summed E-state index contributed by atoms with van der Waals surface area (Å²) >= 11 is 7.90. The summed E-state index contributed by atoms with van der Waals surface area (Å²) < 4.78 is 0.890. The lowest BCUT2D eigenvalue weighted by Gasteiger charge is -2.50. The van der Waals surface area contributed by atoms with Crippen LogP contribution in [0, 0.1) is 5.92 Å². The quantitative estimate of drug-likeness (QED) is 0.857. The largest absolute Gasteiger partial charge is 0.308 e. The molecule has 0 bridgehead atoms. The van der Waals surface area contributed by atoms with E-state index >= 15 is 0 Å². The normalized spacial score (nSPS) is 28.8. The zero-order valence-electron chi connectivity index (χ0n) is 13.1. The van der Waals surface area contributed by atoms with Crippen molar-refractivity contribution < 1.29 is 0 Å². The van der Waals surface area contributed by atoms with E-state index in [2.05, 4.69) is 44.2 Å². The Morgan fingerprint density at radius 1 is 1.50 bits per heavy atom. The maximum atomic E-state index is 6.17. The fourth-order valence-electron chi connectivity index (χ4n) is 3.73. The molecule has 1 heterocycles. The number of thiophene rings is 1. The summed E-state index contributed by atoms with van der Waals surface area (Å²) in [5.74, 6) is 0.794. The Hall–Kier alpha value is -0.0900. The van der Waals surface area contributed by atoms with E-state index in [0.717, 1.165) is 16.8 Å². The van der Waals surface area contributed by atoms with Crippen molar-refractivity contribution in [2.75, 3.05) is 20.6 Å². The van der Waals surface area contributed by atoms with Crippen LogP contribution in [0.25, 0.3) is 0 Å². The molecule has 1 saturated carbocycles. The number of halogens is 1. The number of hydrogen-bond donors (Lipinski definition) is 1. The molecular weight excluding hydrogens is 288 g/mol. The average molecular weight is 315 g/mol. The molecule has 2 rings (SSSR count). The second-order valence-corrected chi connectivity index (χ2v) is 8.08. The molecule has 2 nitrogen and oxygen atoms in total. The summed E-state index contributed by atoms with van der Waals surface area (Å²) in [7, 11) is 4.47. The van der Waals surface area contributed by atoms with Crippen molar-refractivity contribution in [2.45, 2.75) is 51.1 Å². The smallest absolute Gasteiger partial charge is 0.0931 e. The van der Waals surface area contributed by atoms with Crippen LogP contribution in [0.1, 0.15) is 50.4 Å². The Kier molecular flexibility index (Phi) is 5.52. The van der Waals surface area contributed by atoms with Crippen molar-refractivity contribution >= 4 is 22.9 Å². The predicted octanol–water partition coefficient (Wildman–Crippen LogP) is 4.56. The van der Waals surface area contributed by atoms with E-state index < -0.39 is 0 Å². The summed E-state index contributed by atoms with van der Waals surface area (Å²) in [5, 5.41) is 3.73. The van der Waals surface area contributed by atoms with Crippen LogP contribution in [0.15, 0.2) is 12.1 Å². The van der Waals surface area contributed by atoms with E-state index in [1.807, 2.05) is 6.07 Å². The monoisotopic (exact) mass is 314 g/mol. The first-order chi connectivity index (χ1) is 9.49.